The lowest BCUT2D eigenvalue weighted by Crippen LogP contribution is -2.63. The van der Waals surface area contributed by atoms with Crippen LogP contribution in [0.2, 0.25) is 0 Å². The molecule has 3 amide bonds. The Labute approximate surface area is 135 Å². The number of hydrogen-bond donors (Lipinski definition) is 1. The number of urea groups is 1. The minimum atomic E-state index is -1.20. The number of hydrogen-bond acceptors (Lipinski definition) is 4. The normalized spacial score (nSPS) is 33.3. The summed E-state index contributed by atoms with van der Waals surface area (Å²) in [5.41, 5.74) is -0.554. The number of imide groups is 1. The molecule has 3 heterocycles. The highest BCUT2D eigenvalue weighted by atomic mass is 79.9. The van der Waals surface area contributed by atoms with Gasteiger partial charge in [-0.2, -0.15) is 0 Å². The average Bonchev–Trinajstić information content (AvgIpc) is 2.74. The molecule has 3 atom stereocenters. The van der Waals surface area contributed by atoms with Gasteiger partial charge in [0.15, 0.2) is 5.54 Å². The maximum atomic E-state index is 12.9. The van der Waals surface area contributed by atoms with E-state index >= 15 is 0 Å². The van der Waals surface area contributed by atoms with Crippen LogP contribution in [0, 0.1) is 0 Å². The highest BCUT2D eigenvalue weighted by Crippen LogP contribution is 2.47. The second-order valence-electron chi connectivity index (χ2n) is 5.83. The van der Waals surface area contributed by atoms with E-state index in [9.17, 15) is 9.59 Å². The summed E-state index contributed by atoms with van der Waals surface area (Å²) < 4.78 is 12.7. The molecule has 1 aromatic carbocycles. The molecular weight excluding hydrogens is 352 g/mol. The quantitative estimate of drug-likeness (QED) is 0.710. The van der Waals surface area contributed by atoms with Gasteiger partial charge in [0.1, 0.15) is 18.0 Å². The second-order valence-corrected chi connectivity index (χ2v) is 6.75. The zero-order chi connectivity index (χ0) is 15.5. The third-order valence-corrected chi connectivity index (χ3v) is 5.08. The van der Waals surface area contributed by atoms with E-state index in [1.807, 2.05) is 18.2 Å². The first-order valence-corrected chi connectivity index (χ1v) is 8.02. The molecule has 1 spiro atoms. The van der Waals surface area contributed by atoms with Gasteiger partial charge >= 0.3 is 6.03 Å². The lowest BCUT2D eigenvalue weighted by molar-refractivity contribution is -0.153. The largest absolute Gasteiger partial charge is 0.487 e. The molecule has 2 fully saturated rings. The number of fused-ring (bicyclic) bond motifs is 4. The van der Waals surface area contributed by atoms with Gasteiger partial charge in [0, 0.05) is 23.7 Å². The molecule has 0 radical (unpaired) electrons. The van der Waals surface area contributed by atoms with Crippen molar-refractivity contribution in [2.75, 3.05) is 13.7 Å². The van der Waals surface area contributed by atoms with Crippen molar-refractivity contribution < 1.29 is 19.1 Å². The highest BCUT2D eigenvalue weighted by molar-refractivity contribution is 9.10. The van der Waals surface area contributed by atoms with Crippen molar-refractivity contribution in [3.05, 3.63) is 28.2 Å². The molecule has 0 unspecified atom stereocenters. The first-order valence-electron chi connectivity index (χ1n) is 7.22. The highest BCUT2D eigenvalue weighted by Gasteiger charge is 2.63. The number of ether oxygens (including phenoxy) is 2. The third-order valence-electron chi connectivity index (χ3n) is 4.59. The van der Waals surface area contributed by atoms with Crippen LogP contribution < -0.4 is 10.1 Å². The van der Waals surface area contributed by atoms with Gasteiger partial charge in [-0.05, 0) is 31.0 Å². The van der Waals surface area contributed by atoms with Crippen molar-refractivity contribution in [3.8, 4) is 5.75 Å². The summed E-state index contributed by atoms with van der Waals surface area (Å²) in [6.45, 7) is 0.558. The van der Waals surface area contributed by atoms with Crippen molar-refractivity contribution in [2.24, 2.45) is 0 Å². The van der Waals surface area contributed by atoms with E-state index in [1.54, 1.807) is 0 Å². The van der Waals surface area contributed by atoms with Gasteiger partial charge in [0.2, 0.25) is 0 Å². The van der Waals surface area contributed by atoms with E-state index in [0.29, 0.717) is 17.9 Å². The molecule has 0 aromatic heterocycles. The van der Waals surface area contributed by atoms with Crippen molar-refractivity contribution in [3.63, 3.8) is 0 Å². The predicted molar refractivity (Wildman–Crippen MR) is 80.5 cm³/mol. The van der Waals surface area contributed by atoms with Gasteiger partial charge in [-0.15, -0.1) is 0 Å². The number of carbonyl (C=O) groups is 2. The molecule has 4 rings (SSSR count). The molecule has 0 bridgehead atoms. The zero-order valence-electron chi connectivity index (χ0n) is 12.0. The molecule has 1 N–H and O–H groups in total. The summed E-state index contributed by atoms with van der Waals surface area (Å²) in [5, 5.41) is 2.86. The topological polar surface area (TPSA) is 67.9 Å². The van der Waals surface area contributed by atoms with E-state index < -0.39 is 17.7 Å². The average molecular weight is 367 g/mol. The van der Waals surface area contributed by atoms with Gasteiger partial charge in [0.05, 0.1) is 0 Å². The van der Waals surface area contributed by atoms with Gasteiger partial charge in [-0.3, -0.25) is 9.69 Å². The van der Waals surface area contributed by atoms with Crippen LogP contribution in [0.1, 0.15) is 18.4 Å². The van der Waals surface area contributed by atoms with Crippen LogP contribution in [0.25, 0.3) is 0 Å². The lowest BCUT2D eigenvalue weighted by atomic mass is 9.77. The van der Waals surface area contributed by atoms with Crippen molar-refractivity contribution in [1.29, 1.82) is 0 Å². The predicted octanol–water partition coefficient (Wildman–Crippen LogP) is 1.77. The smallest absolute Gasteiger partial charge is 0.325 e. The summed E-state index contributed by atoms with van der Waals surface area (Å²) in [6, 6.07) is 5.09. The fourth-order valence-electron chi connectivity index (χ4n) is 3.55. The lowest BCUT2D eigenvalue weighted by Gasteiger charge is -2.46. The number of nitrogens with one attached hydrogen (secondary N) is 1. The van der Waals surface area contributed by atoms with E-state index in [-0.39, 0.29) is 12.0 Å². The Morgan fingerprint density at radius 2 is 2.23 bits per heavy atom. The Morgan fingerprint density at radius 1 is 1.41 bits per heavy atom. The number of carbonyl (C=O) groups excluding carboxylic acids is 2. The Hall–Kier alpha value is -1.60. The number of likely N-dealkylation sites (N-methyl/N-ethyl adjacent to an activating group) is 1. The molecule has 1 aromatic rings. The van der Waals surface area contributed by atoms with Crippen LogP contribution in [0.3, 0.4) is 0 Å². The van der Waals surface area contributed by atoms with Crippen LogP contribution in [0.4, 0.5) is 4.79 Å². The number of halogens is 1. The van der Waals surface area contributed by atoms with E-state index in [1.165, 1.54) is 7.05 Å². The fraction of sp³-hybridized carbons (Fsp3) is 0.467. The maximum absolute atomic E-state index is 12.9. The van der Waals surface area contributed by atoms with Crippen LogP contribution in [0.5, 0.6) is 5.75 Å². The summed E-state index contributed by atoms with van der Waals surface area (Å²) >= 11 is 3.43. The van der Waals surface area contributed by atoms with Crippen molar-refractivity contribution in [2.45, 2.75) is 30.6 Å². The Morgan fingerprint density at radius 3 is 2.95 bits per heavy atom. The van der Waals surface area contributed by atoms with Gasteiger partial charge in [-0.1, -0.05) is 15.9 Å². The summed E-state index contributed by atoms with van der Waals surface area (Å²) in [5.74, 6) is 0.330. The Balaban J connectivity index is 1.95. The maximum Gasteiger partial charge on any atom is 0.325 e. The second kappa shape index (κ2) is 4.70. The molecule has 6 nitrogen and oxygen atoms in total. The van der Waals surface area contributed by atoms with Crippen molar-refractivity contribution >= 4 is 27.9 Å². The number of nitrogens with zero attached hydrogens (tertiary/aromatic N) is 1. The van der Waals surface area contributed by atoms with Gasteiger partial charge in [-0.25, -0.2) is 4.79 Å². The molecule has 116 valence electrons. The number of amides is 3. The molecular formula is C15H15BrN2O4. The fourth-order valence-corrected chi connectivity index (χ4v) is 3.91. The standard InChI is InChI=1S/C15H15BrN2O4/c1-18-13(19)15(17-14(18)20)9-7-8(16)4-5-10(9)22-11-3-2-6-21-12(11)15/h4-5,7,11-12H,2-3,6H2,1H3,(H,17,20)/t11-,12-,15-/m0/s1. The molecule has 3 aliphatic heterocycles. The third kappa shape index (κ3) is 1.69. The first kappa shape index (κ1) is 14.0. The molecule has 2 saturated heterocycles. The Bertz CT molecular complexity index is 680. The minimum absolute atomic E-state index is 0.238. The first-order chi connectivity index (χ1) is 10.5. The van der Waals surface area contributed by atoms with Crippen LogP contribution in [-0.2, 0) is 15.1 Å². The van der Waals surface area contributed by atoms with Crippen molar-refractivity contribution in [1.82, 2.24) is 10.2 Å². The van der Waals surface area contributed by atoms with E-state index in [4.69, 9.17) is 9.47 Å². The zero-order valence-corrected chi connectivity index (χ0v) is 13.6. The molecule has 7 heteroatoms. The van der Waals surface area contributed by atoms with Crippen LogP contribution in [-0.4, -0.2) is 42.7 Å². The monoisotopic (exact) mass is 366 g/mol. The van der Waals surface area contributed by atoms with E-state index in [2.05, 4.69) is 21.2 Å². The Kier molecular flexibility index (Phi) is 2.99. The summed E-state index contributed by atoms with van der Waals surface area (Å²) in [4.78, 5) is 26.1. The molecule has 22 heavy (non-hydrogen) atoms. The van der Waals surface area contributed by atoms with Crippen LogP contribution >= 0.6 is 15.9 Å². The minimum Gasteiger partial charge on any atom is -0.487 e. The summed E-state index contributed by atoms with van der Waals surface area (Å²) in [7, 11) is 1.48. The molecule has 0 aliphatic carbocycles. The van der Waals surface area contributed by atoms with Crippen LogP contribution in [0.15, 0.2) is 22.7 Å². The number of rotatable bonds is 0. The van der Waals surface area contributed by atoms with E-state index in [0.717, 1.165) is 22.2 Å². The van der Waals surface area contributed by atoms with Gasteiger partial charge < -0.3 is 14.8 Å². The van der Waals surface area contributed by atoms with Gasteiger partial charge in [0.25, 0.3) is 5.91 Å². The SMILES string of the molecule is CN1C(=O)N[C@@]2(C1=O)c1cc(Br)ccc1O[C@H]1CCCO[C@@H]12. The molecule has 0 saturated carbocycles. The number of benzene rings is 1. The summed E-state index contributed by atoms with van der Waals surface area (Å²) in [6.07, 6.45) is 0.929. The molecule has 3 aliphatic rings.